The zero-order chi connectivity index (χ0) is 17.9. The predicted molar refractivity (Wildman–Crippen MR) is 94.2 cm³/mol. The average molecular weight is 351 g/mol. The van der Waals surface area contributed by atoms with E-state index in [2.05, 4.69) is 20.4 Å². The van der Waals surface area contributed by atoms with E-state index in [4.69, 9.17) is 9.15 Å². The maximum Gasteiger partial charge on any atom is 0.287 e. The van der Waals surface area contributed by atoms with Gasteiger partial charge in [-0.15, -0.1) is 0 Å². The number of carbonyl (C=O) groups is 1. The molecule has 0 fully saturated rings. The van der Waals surface area contributed by atoms with Crippen molar-refractivity contribution in [2.45, 2.75) is 12.8 Å². The lowest BCUT2D eigenvalue weighted by Gasteiger charge is -2.04. The summed E-state index contributed by atoms with van der Waals surface area (Å²) in [5, 5.41) is 7.77. The summed E-state index contributed by atoms with van der Waals surface area (Å²) in [5.41, 5.74) is 1.61. The van der Waals surface area contributed by atoms with E-state index in [1.54, 1.807) is 30.0 Å². The van der Waals surface area contributed by atoms with Crippen LogP contribution in [0.15, 0.2) is 47.4 Å². The minimum absolute atomic E-state index is 0.242. The van der Waals surface area contributed by atoms with Gasteiger partial charge in [-0.1, -0.05) is 12.1 Å². The van der Waals surface area contributed by atoms with E-state index in [-0.39, 0.29) is 11.7 Å². The van der Waals surface area contributed by atoms with Crippen molar-refractivity contribution in [2.24, 2.45) is 0 Å². The Morgan fingerprint density at radius 1 is 1.35 bits per heavy atom. The third-order valence-corrected chi connectivity index (χ3v) is 4.07. The third-order valence-electron chi connectivity index (χ3n) is 4.07. The first-order valence-electron chi connectivity index (χ1n) is 8.23. The Balaban J connectivity index is 1.35. The van der Waals surface area contributed by atoms with E-state index >= 15 is 0 Å². The molecule has 26 heavy (non-hydrogen) atoms. The van der Waals surface area contributed by atoms with Gasteiger partial charge in [0.1, 0.15) is 6.33 Å². The maximum atomic E-state index is 12.3. The van der Waals surface area contributed by atoms with Gasteiger partial charge < -0.3 is 14.5 Å². The zero-order valence-electron chi connectivity index (χ0n) is 14.2. The molecular weight excluding hydrogens is 334 g/mol. The van der Waals surface area contributed by atoms with E-state index in [0.29, 0.717) is 23.7 Å². The van der Waals surface area contributed by atoms with Crippen LogP contribution in [-0.2, 0) is 6.42 Å². The van der Waals surface area contributed by atoms with Gasteiger partial charge in [0.05, 0.1) is 7.11 Å². The Bertz CT molecular complexity index is 1070. The third kappa shape index (κ3) is 3.08. The highest BCUT2D eigenvalue weighted by atomic mass is 16.5. The second-order valence-corrected chi connectivity index (χ2v) is 5.82. The van der Waals surface area contributed by atoms with E-state index in [0.717, 1.165) is 23.8 Å². The summed E-state index contributed by atoms with van der Waals surface area (Å²) in [6, 6.07) is 7.26. The number of methoxy groups -OCH3 is 1. The molecule has 3 aromatic heterocycles. The van der Waals surface area contributed by atoms with Crippen molar-refractivity contribution >= 4 is 22.7 Å². The first kappa shape index (κ1) is 16.1. The van der Waals surface area contributed by atoms with Gasteiger partial charge in [0, 0.05) is 24.3 Å². The van der Waals surface area contributed by atoms with Crippen molar-refractivity contribution in [3.63, 3.8) is 0 Å². The number of amides is 1. The molecule has 0 spiro atoms. The van der Waals surface area contributed by atoms with Crippen LogP contribution < -0.4 is 10.1 Å². The number of ether oxygens (including phenoxy) is 1. The molecule has 3 heterocycles. The number of rotatable bonds is 6. The van der Waals surface area contributed by atoms with Crippen LogP contribution in [0, 0.1) is 0 Å². The SMILES string of the molecule is COc1cccc2cc(C(=O)NCCCc3cnc4ncnn4c3)oc12. The van der Waals surface area contributed by atoms with E-state index in [1.807, 2.05) is 18.3 Å². The lowest BCUT2D eigenvalue weighted by atomic mass is 10.2. The Morgan fingerprint density at radius 2 is 2.27 bits per heavy atom. The molecule has 0 saturated carbocycles. The summed E-state index contributed by atoms with van der Waals surface area (Å²) < 4.78 is 12.5. The number of benzene rings is 1. The molecule has 0 aliphatic heterocycles. The van der Waals surface area contributed by atoms with Gasteiger partial charge in [0.15, 0.2) is 17.1 Å². The van der Waals surface area contributed by atoms with Crippen LogP contribution in [0.5, 0.6) is 5.75 Å². The molecule has 8 nitrogen and oxygen atoms in total. The van der Waals surface area contributed by atoms with Crippen molar-refractivity contribution in [1.29, 1.82) is 0 Å². The van der Waals surface area contributed by atoms with Crippen molar-refractivity contribution < 1.29 is 13.9 Å². The highest BCUT2D eigenvalue weighted by Gasteiger charge is 2.14. The number of nitrogens with zero attached hydrogens (tertiary/aromatic N) is 4. The van der Waals surface area contributed by atoms with Gasteiger partial charge in [-0.05, 0) is 30.5 Å². The molecule has 1 N–H and O–H groups in total. The molecule has 0 atom stereocenters. The van der Waals surface area contributed by atoms with Crippen LogP contribution >= 0.6 is 0 Å². The van der Waals surface area contributed by atoms with E-state index in [1.165, 1.54) is 6.33 Å². The minimum atomic E-state index is -0.242. The molecule has 0 aliphatic carbocycles. The van der Waals surface area contributed by atoms with Crippen LogP contribution in [0.3, 0.4) is 0 Å². The highest BCUT2D eigenvalue weighted by molar-refractivity contribution is 5.97. The molecule has 132 valence electrons. The first-order chi connectivity index (χ1) is 12.7. The topological polar surface area (TPSA) is 94.5 Å². The smallest absolute Gasteiger partial charge is 0.287 e. The van der Waals surface area contributed by atoms with E-state index in [9.17, 15) is 4.79 Å². The van der Waals surface area contributed by atoms with Gasteiger partial charge in [-0.2, -0.15) is 10.1 Å². The number of carbonyl (C=O) groups excluding carboxylic acids is 1. The van der Waals surface area contributed by atoms with Crippen molar-refractivity contribution in [3.8, 4) is 5.75 Å². The predicted octanol–water partition coefficient (Wildman–Crippen LogP) is 2.24. The van der Waals surface area contributed by atoms with Crippen LogP contribution in [0.1, 0.15) is 22.5 Å². The lowest BCUT2D eigenvalue weighted by Crippen LogP contribution is -2.24. The van der Waals surface area contributed by atoms with Gasteiger partial charge in [0.25, 0.3) is 11.7 Å². The summed E-state index contributed by atoms with van der Waals surface area (Å²) >= 11 is 0. The van der Waals surface area contributed by atoms with E-state index < -0.39 is 0 Å². The largest absolute Gasteiger partial charge is 0.493 e. The number of para-hydroxylation sites is 1. The molecule has 1 amide bonds. The number of fused-ring (bicyclic) bond motifs is 2. The maximum absolute atomic E-state index is 12.3. The second-order valence-electron chi connectivity index (χ2n) is 5.82. The number of aromatic nitrogens is 4. The van der Waals surface area contributed by atoms with Crippen molar-refractivity contribution in [2.75, 3.05) is 13.7 Å². The average Bonchev–Trinajstić information content (AvgIpc) is 3.30. The molecule has 4 rings (SSSR count). The Morgan fingerprint density at radius 3 is 3.15 bits per heavy atom. The number of nitrogens with one attached hydrogen (secondary N) is 1. The number of hydrogen-bond acceptors (Lipinski definition) is 6. The normalized spacial score (nSPS) is 11.1. The van der Waals surface area contributed by atoms with Gasteiger partial charge in [0.2, 0.25) is 0 Å². The number of hydrogen-bond donors (Lipinski definition) is 1. The molecule has 0 aliphatic rings. The number of furan rings is 1. The summed E-state index contributed by atoms with van der Waals surface area (Å²) in [5.74, 6) is 1.21. The summed E-state index contributed by atoms with van der Waals surface area (Å²) in [6.45, 7) is 0.530. The standard InChI is InChI=1S/C18H17N5O3/c1-25-14-6-2-5-13-8-15(26-16(13)14)17(24)19-7-3-4-12-9-20-18-21-11-22-23(18)10-12/h2,5-6,8-11H,3-4,7H2,1H3,(H,19,24). The zero-order valence-corrected chi connectivity index (χ0v) is 14.2. The minimum Gasteiger partial charge on any atom is -0.493 e. The Hall–Kier alpha value is -3.42. The Labute approximate surface area is 148 Å². The fourth-order valence-corrected chi connectivity index (χ4v) is 2.78. The molecule has 0 bridgehead atoms. The fraction of sp³-hybridized carbons (Fsp3) is 0.222. The monoisotopic (exact) mass is 351 g/mol. The highest BCUT2D eigenvalue weighted by Crippen LogP contribution is 2.28. The first-order valence-corrected chi connectivity index (χ1v) is 8.23. The van der Waals surface area contributed by atoms with Gasteiger partial charge in [-0.3, -0.25) is 4.79 Å². The van der Waals surface area contributed by atoms with Gasteiger partial charge >= 0.3 is 0 Å². The lowest BCUT2D eigenvalue weighted by molar-refractivity contribution is 0.0927. The molecular formula is C18H17N5O3. The van der Waals surface area contributed by atoms with Gasteiger partial charge in [-0.25, -0.2) is 9.50 Å². The summed E-state index contributed by atoms with van der Waals surface area (Å²) in [4.78, 5) is 20.5. The van der Waals surface area contributed by atoms with Crippen LogP contribution in [0.4, 0.5) is 0 Å². The van der Waals surface area contributed by atoms with Crippen LogP contribution in [0.2, 0.25) is 0 Å². The molecule has 0 radical (unpaired) electrons. The second kappa shape index (κ2) is 6.83. The molecule has 8 heteroatoms. The van der Waals surface area contributed by atoms with Crippen molar-refractivity contribution in [3.05, 3.63) is 54.3 Å². The molecule has 1 aromatic carbocycles. The Kier molecular flexibility index (Phi) is 4.22. The number of aryl methyl sites for hydroxylation is 1. The molecule has 0 saturated heterocycles. The van der Waals surface area contributed by atoms with Crippen LogP contribution in [-0.4, -0.2) is 39.1 Å². The fourth-order valence-electron chi connectivity index (χ4n) is 2.78. The summed E-state index contributed by atoms with van der Waals surface area (Å²) in [7, 11) is 1.57. The molecule has 0 unspecified atom stereocenters. The van der Waals surface area contributed by atoms with Crippen LogP contribution in [0.25, 0.3) is 16.7 Å². The molecule has 4 aromatic rings. The quantitative estimate of drug-likeness (QED) is 0.535. The van der Waals surface area contributed by atoms with Crippen molar-refractivity contribution in [1.82, 2.24) is 24.9 Å². The summed E-state index contributed by atoms with van der Waals surface area (Å²) in [6.07, 6.45) is 6.68.